The first kappa shape index (κ1) is 14.8. The molecule has 0 amide bonds. The first-order valence-corrected chi connectivity index (χ1v) is 6.54. The molecule has 1 aliphatic rings. The average Bonchev–Trinajstić information content (AvgIpc) is 2.29. The molecule has 1 saturated carbocycles. The Bertz CT molecular complexity index is 200. The Morgan fingerprint density at radius 1 is 1.18 bits per heavy atom. The van der Waals surface area contributed by atoms with Crippen molar-refractivity contribution in [2.75, 3.05) is 26.2 Å². The third kappa shape index (κ3) is 6.27. The van der Waals surface area contributed by atoms with E-state index >= 15 is 0 Å². The zero-order valence-electron chi connectivity index (χ0n) is 10.5. The molecule has 0 aromatic heterocycles. The third-order valence-electron chi connectivity index (χ3n) is 3.40. The van der Waals surface area contributed by atoms with Gasteiger partial charge in [0.25, 0.3) is 0 Å². The molecule has 2 nitrogen and oxygen atoms in total. The molecule has 0 saturated heterocycles. The van der Waals surface area contributed by atoms with Crippen LogP contribution in [0.1, 0.15) is 39.0 Å². The molecule has 0 heterocycles. The predicted octanol–water partition coefficient (Wildman–Crippen LogP) is 2.79. The molecule has 0 aliphatic heterocycles. The van der Waals surface area contributed by atoms with Crippen LogP contribution < -0.4 is 5.32 Å². The van der Waals surface area contributed by atoms with Crippen molar-refractivity contribution in [3.63, 3.8) is 0 Å². The zero-order valence-corrected chi connectivity index (χ0v) is 10.5. The van der Waals surface area contributed by atoms with Gasteiger partial charge in [-0.15, -0.1) is 0 Å². The van der Waals surface area contributed by atoms with Gasteiger partial charge >= 0.3 is 6.18 Å². The summed E-state index contributed by atoms with van der Waals surface area (Å²) in [5.41, 5.74) is 0. The van der Waals surface area contributed by atoms with E-state index in [9.17, 15) is 13.2 Å². The average molecular weight is 252 g/mol. The molecule has 5 heteroatoms. The largest absolute Gasteiger partial charge is 0.401 e. The van der Waals surface area contributed by atoms with E-state index in [1.807, 2.05) is 0 Å². The van der Waals surface area contributed by atoms with Gasteiger partial charge in [0.1, 0.15) is 0 Å². The van der Waals surface area contributed by atoms with Gasteiger partial charge in [-0.1, -0.05) is 26.2 Å². The van der Waals surface area contributed by atoms with Crippen LogP contribution in [-0.2, 0) is 0 Å². The molecule has 0 radical (unpaired) electrons. The van der Waals surface area contributed by atoms with E-state index in [0.717, 1.165) is 13.1 Å². The van der Waals surface area contributed by atoms with Gasteiger partial charge in [-0.3, -0.25) is 4.90 Å². The predicted molar refractivity (Wildman–Crippen MR) is 63.0 cm³/mol. The Morgan fingerprint density at radius 2 is 1.82 bits per heavy atom. The lowest BCUT2D eigenvalue weighted by Crippen LogP contribution is -2.42. The van der Waals surface area contributed by atoms with Crippen LogP contribution in [0.5, 0.6) is 0 Å². The molecule has 1 aliphatic carbocycles. The summed E-state index contributed by atoms with van der Waals surface area (Å²) < 4.78 is 35.8. The molecule has 1 N–H and O–H groups in total. The Hall–Kier alpha value is -0.290. The van der Waals surface area contributed by atoms with Crippen molar-refractivity contribution in [3.05, 3.63) is 0 Å². The molecule has 17 heavy (non-hydrogen) atoms. The summed E-state index contributed by atoms with van der Waals surface area (Å²) in [7, 11) is 0. The Labute approximate surface area is 102 Å². The number of rotatable bonds is 6. The second-order valence-electron chi connectivity index (χ2n) is 4.71. The maximum atomic E-state index is 11.9. The number of hydrogen-bond acceptors (Lipinski definition) is 2. The van der Waals surface area contributed by atoms with Crippen molar-refractivity contribution in [1.29, 1.82) is 0 Å². The van der Waals surface area contributed by atoms with Crippen LogP contribution in [0.15, 0.2) is 0 Å². The molecule has 0 unspecified atom stereocenters. The van der Waals surface area contributed by atoms with E-state index < -0.39 is 12.7 Å². The number of nitrogens with one attached hydrogen (secondary N) is 1. The van der Waals surface area contributed by atoms with Crippen molar-refractivity contribution in [3.8, 4) is 0 Å². The normalized spacial score (nSPS) is 18.9. The van der Waals surface area contributed by atoms with Gasteiger partial charge in [0.2, 0.25) is 0 Å². The smallest absolute Gasteiger partial charge is 0.307 e. The minimum Gasteiger partial charge on any atom is -0.307 e. The fraction of sp³-hybridized carbons (Fsp3) is 1.00. The molecule has 0 spiro atoms. The quantitative estimate of drug-likeness (QED) is 0.731. The highest BCUT2D eigenvalue weighted by Gasteiger charge is 2.26. The van der Waals surface area contributed by atoms with E-state index in [1.54, 1.807) is 0 Å². The van der Waals surface area contributed by atoms with E-state index in [4.69, 9.17) is 0 Å². The van der Waals surface area contributed by atoms with Gasteiger partial charge in [-0.25, -0.2) is 0 Å². The minimum absolute atomic E-state index is 0.420. The molecule has 1 rings (SSSR count). The zero-order chi connectivity index (χ0) is 12.7. The topological polar surface area (TPSA) is 15.3 Å². The van der Waals surface area contributed by atoms with Gasteiger partial charge in [0.05, 0.1) is 6.54 Å². The van der Waals surface area contributed by atoms with Crippen LogP contribution in [0, 0.1) is 0 Å². The highest BCUT2D eigenvalue weighted by atomic mass is 19.4. The van der Waals surface area contributed by atoms with Gasteiger partial charge in [0, 0.05) is 19.1 Å². The van der Waals surface area contributed by atoms with Crippen LogP contribution in [-0.4, -0.2) is 43.3 Å². The van der Waals surface area contributed by atoms with E-state index in [1.165, 1.54) is 32.1 Å². The second-order valence-corrected chi connectivity index (χ2v) is 4.71. The van der Waals surface area contributed by atoms with Crippen LogP contribution in [0.4, 0.5) is 13.2 Å². The maximum Gasteiger partial charge on any atom is 0.401 e. The summed E-state index contributed by atoms with van der Waals surface area (Å²) in [5, 5.41) is 2.46. The Morgan fingerprint density at radius 3 is 2.35 bits per heavy atom. The highest BCUT2D eigenvalue weighted by molar-refractivity contribution is 4.75. The molecule has 1 fully saturated rings. The summed E-state index contributed by atoms with van der Waals surface area (Å²) in [6.45, 7) is 3.27. The third-order valence-corrected chi connectivity index (χ3v) is 3.40. The molecular formula is C12H23F3N2. The summed E-state index contributed by atoms with van der Waals surface area (Å²) in [4.78, 5) is 2.31. The standard InChI is InChI=1S/C12H23F3N2/c1-2-17(11-6-4-3-5-7-11)9-8-16-10-12(13,14)15/h11,16H,2-10H2,1H3. The van der Waals surface area contributed by atoms with Crippen LogP contribution >= 0.6 is 0 Å². The van der Waals surface area contributed by atoms with Crippen LogP contribution in [0.2, 0.25) is 0 Å². The Balaban J connectivity index is 2.18. The molecule has 0 bridgehead atoms. The summed E-state index contributed by atoms with van der Waals surface area (Å²) >= 11 is 0. The lowest BCUT2D eigenvalue weighted by Gasteiger charge is -2.33. The first-order chi connectivity index (χ1) is 8.03. The highest BCUT2D eigenvalue weighted by Crippen LogP contribution is 2.22. The molecule has 0 aromatic rings. The SMILES string of the molecule is CCN(CCNCC(F)(F)F)C1CCCCC1. The fourth-order valence-corrected chi connectivity index (χ4v) is 2.50. The molecule has 102 valence electrons. The van der Waals surface area contributed by atoms with Crippen molar-refractivity contribution in [1.82, 2.24) is 10.2 Å². The van der Waals surface area contributed by atoms with Crippen LogP contribution in [0.3, 0.4) is 0 Å². The van der Waals surface area contributed by atoms with E-state index in [2.05, 4.69) is 17.1 Å². The van der Waals surface area contributed by atoms with E-state index in [0.29, 0.717) is 12.6 Å². The molecule has 0 atom stereocenters. The summed E-state index contributed by atoms with van der Waals surface area (Å²) in [6, 6.07) is 0.585. The van der Waals surface area contributed by atoms with Crippen molar-refractivity contribution >= 4 is 0 Å². The van der Waals surface area contributed by atoms with Gasteiger partial charge in [-0.05, 0) is 19.4 Å². The number of likely N-dealkylation sites (N-methyl/N-ethyl adjacent to an activating group) is 1. The summed E-state index contributed by atoms with van der Waals surface area (Å²) in [5.74, 6) is 0. The minimum atomic E-state index is -4.10. The number of nitrogens with zero attached hydrogens (tertiary/aromatic N) is 1. The van der Waals surface area contributed by atoms with Crippen molar-refractivity contribution < 1.29 is 13.2 Å². The second kappa shape index (κ2) is 7.21. The number of alkyl halides is 3. The molecule has 0 aromatic carbocycles. The van der Waals surface area contributed by atoms with Crippen molar-refractivity contribution in [2.45, 2.75) is 51.2 Å². The maximum absolute atomic E-state index is 11.9. The van der Waals surface area contributed by atoms with Crippen molar-refractivity contribution in [2.24, 2.45) is 0 Å². The van der Waals surface area contributed by atoms with Crippen LogP contribution in [0.25, 0.3) is 0 Å². The molecular weight excluding hydrogens is 229 g/mol. The Kier molecular flexibility index (Phi) is 6.27. The van der Waals surface area contributed by atoms with Gasteiger partial charge < -0.3 is 5.32 Å². The monoisotopic (exact) mass is 252 g/mol. The lowest BCUT2D eigenvalue weighted by molar-refractivity contribution is -0.124. The first-order valence-electron chi connectivity index (χ1n) is 6.54. The number of halogens is 3. The number of hydrogen-bond donors (Lipinski definition) is 1. The van der Waals surface area contributed by atoms with E-state index in [-0.39, 0.29) is 0 Å². The summed E-state index contributed by atoms with van der Waals surface area (Å²) in [6.07, 6.45) is 2.14. The van der Waals surface area contributed by atoms with Gasteiger partial charge in [0.15, 0.2) is 0 Å². The fourth-order valence-electron chi connectivity index (χ4n) is 2.50. The van der Waals surface area contributed by atoms with Gasteiger partial charge in [-0.2, -0.15) is 13.2 Å². The lowest BCUT2D eigenvalue weighted by atomic mass is 9.94.